The van der Waals surface area contributed by atoms with Crippen LogP contribution in [0.2, 0.25) is 0 Å². The molecule has 0 aromatic heterocycles. The van der Waals surface area contributed by atoms with Crippen molar-refractivity contribution in [2.24, 2.45) is 4.99 Å². The van der Waals surface area contributed by atoms with E-state index in [2.05, 4.69) is 11.9 Å². The maximum atomic E-state index is 12.0. The molecular formula is C16H21NO. The summed E-state index contributed by atoms with van der Waals surface area (Å²) in [5.41, 5.74) is 2.71. The molecule has 1 heterocycles. The molecule has 1 aliphatic heterocycles. The fourth-order valence-electron chi connectivity index (χ4n) is 2.37. The standard InChI is InChI=1S/C16H21NO/c1-2-3-4-5-6-9-13-12-16(18)14-10-7-8-11-15(14)17-13/h7-8,10-11H,2-6,9,12H2,1H3. The van der Waals surface area contributed by atoms with Crippen LogP contribution in [0.4, 0.5) is 5.69 Å². The molecule has 0 amide bonds. The maximum absolute atomic E-state index is 12.0. The Morgan fingerprint density at radius 2 is 1.89 bits per heavy atom. The minimum absolute atomic E-state index is 0.226. The Labute approximate surface area is 109 Å². The first-order chi connectivity index (χ1) is 8.81. The summed E-state index contributed by atoms with van der Waals surface area (Å²) in [6.07, 6.45) is 7.79. The molecule has 0 saturated carbocycles. The molecule has 0 fully saturated rings. The Hall–Kier alpha value is -1.44. The SMILES string of the molecule is CCCCCCCC1=Nc2ccccc2C(=O)C1. The molecule has 0 spiro atoms. The number of rotatable bonds is 6. The predicted octanol–water partition coefficient (Wildman–Crippen LogP) is 4.71. The molecular weight excluding hydrogens is 222 g/mol. The summed E-state index contributed by atoms with van der Waals surface area (Å²) in [6.45, 7) is 2.22. The quantitative estimate of drug-likeness (QED) is 0.665. The second-order valence-corrected chi connectivity index (χ2v) is 4.96. The number of nitrogens with zero attached hydrogens (tertiary/aromatic N) is 1. The third kappa shape index (κ3) is 3.28. The van der Waals surface area contributed by atoms with Gasteiger partial charge in [-0.25, -0.2) is 0 Å². The van der Waals surface area contributed by atoms with E-state index in [1.165, 1.54) is 25.7 Å². The topological polar surface area (TPSA) is 29.4 Å². The normalized spacial score (nSPS) is 14.3. The van der Waals surface area contributed by atoms with Crippen molar-refractivity contribution in [3.05, 3.63) is 29.8 Å². The Kier molecular flexibility index (Phi) is 4.68. The van der Waals surface area contributed by atoms with Crippen LogP contribution in [0, 0.1) is 0 Å². The van der Waals surface area contributed by atoms with Crippen LogP contribution in [0.3, 0.4) is 0 Å². The summed E-state index contributed by atoms with van der Waals surface area (Å²) in [4.78, 5) is 16.6. The highest BCUT2D eigenvalue weighted by molar-refractivity contribution is 6.15. The highest BCUT2D eigenvalue weighted by Crippen LogP contribution is 2.26. The average Bonchev–Trinajstić information content (AvgIpc) is 2.39. The summed E-state index contributed by atoms with van der Waals surface area (Å²) in [6, 6.07) is 7.66. The van der Waals surface area contributed by atoms with Gasteiger partial charge in [-0.05, 0) is 25.0 Å². The van der Waals surface area contributed by atoms with E-state index in [-0.39, 0.29) is 5.78 Å². The van der Waals surface area contributed by atoms with Gasteiger partial charge in [-0.15, -0.1) is 0 Å². The molecule has 0 saturated heterocycles. The molecule has 0 aliphatic carbocycles. The van der Waals surface area contributed by atoms with E-state index in [1.807, 2.05) is 24.3 Å². The number of Topliss-reactive ketones (excluding diaryl/α,β-unsaturated/α-hetero) is 1. The van der Waals surface area contributed by atoms with Crippen molar-refractivity contribution in [3.8, 4) is 0 Å². The molecule has 0 bridgehead atoms. The Morgan fingerprint density at radius 3 is 2.72 bits per heavy atom. The predicted molar refractivity (Wildman–Crippen MR) is 75.9 cm³/mol. The summed E-state index contributed by atoms with van der Waals surface area (Å²) in [5.74, 6) is 0.226. The molecule has 2 heteroatoms. The van der Waals surface area contributed by atoms with Gasteiger partial charge in [0.15, 0.2) is 5.78 Å². The molecule has 0 unspecified atom stereocenters. The number of aliphatic imine (C=N–C) groups is 1. The van der Waals surface area contributed by atoms with Gasteiger partial charge in [0, 0.05) is 17.7 Å². The second kappa shape index (κ2) is 6.48. The highest BCUT2D eigenvalue weighted by atomic mass is 16.1. The zero-order valence-electron chi connectivity index (χ0n) is 11.1. The first-order valence-corrected chi connectivity index (χ1v) is 7.00. The van der Waals surface area contributed by atoms with Gasteiger partial charge in [-0.2, -0.15) is 0 Å². The molecule has 2 rings (SSSR count). The van der Waals surface area contributed by atoms with Gasteiger partial charge in [-0.3, -0.25) is 9.79 Å². The number of unbranched alkanes of at least 4 members (excludes halogenated alkanes) is 4. The minimum Gasteiger partial charge on any atom is -0.294 e. The molecule has 0 atom stereocenters. The summed E-state index contributed by atoms with van der Waals surface area (Å²) < 4.78 is 0. The minimum atomic E-state index is 0.226. The molecule has 96 valence electrons. The number of para-hydroxylation sites is 1. The zero-order chi connectivity index (χ0) is 12.8. The molecule has 1 aromatic rings. The fourth-order valence-corrected chi connectivity index (χ4v) is 2.37. The number of carbonyl (C=O) groups is 1. The van der Waals surface area contributed by atoms with Crippen molar-refractivity contribution in [2.45, 2.75) is 51.9 Å². The van der Waals surface area contributed by atoms with Crippen molar-refractivity contribution >= 4 is 17.2 Å². The van der Waals surface area contributed by atoms with E-state index in [0.29, 0.717) is 6.42 Å². The molecule has 0 radical (unpaired) electrons. The fraction of sp³-hybridized carbons (Fsp3) is 0.500. The number of ketones is 1. The lowest BCUT2D eigenvalue weighted by Gasteiger charge is -2.14. The van der Waals surface area contributed by atoms with Crippen molar-refractivity contribution in [1.29, 1.82) is 0 Å². The van der Waals surface area contributed by atoms with Gasteiger partial charge in [0.2, 0.25) is 0 Å². The van der Waals surface area contributed by atoms with E-state index in [1.54, 1.807) is 0 Å². The van der Waals surface area contributed by atoms with Crippen LogP contribution in [0.5, 0.6) is 0 Å². The number of carbonyl (C=O) groups excluding carboxylic acids is 1. The third-order valence-corrected chi connectivity index (χ3v) is 3.42. The van der Waals surface area contributed by atoms with E-state index < -0.39 is 0 Å². The average molecular weight is 243 g/mol. The molecule has 1 aromatic carbocycles. The molecule has 0 N–H and O–H groups in total. The number of hydrogen-bond acceptors (Lipinski definition) is 2. The monoisotopic (exact) mass is 243 g/mol. The lowest BCUT2D eigenvalue weighted by Crippen LogP contribution is -2.13. The number of benzene rings is 1. The van der Waals surface area contributed by atoms with Gasteiger partial charge < -0.3 is 0 Å². The van der Waals surface area contributed by atoms with Crippen LogP contribution in [0.15, 0.2) is 29.3 Å². The largest absolute Gasteiger partial charge is 0.294 e. The first kappa shape index (κ1) is 13.0. The van der Waals surface area contributed by atoms with Crippen LogP contribution in [0.25, 0.3) is 0 Å². The summed E-state index contributed by atoms with van der Waals surface area (Å²) in [7, 11) is 0. The van der Waals surface area contributed by atoms with Gasteiger partial charge in [0.1, 0.15) is 0 Å². The van der Waals surface area contributed by atoms with Crippen LogP contribution in [-0.2, 0) is 0 Å². The van der Waals surface area contributed by atoms with Crippen molar-refractivity contribution in [1.82, 2.24) is 0 Å². The van der Waals surface area contributed by atoms with Crippen molar-refractivity contribution in [2.75, 3.05) is 0 Å². The molecule has 18 heavy (non-hydrogen) atoms. The van der Waals surface area contributed by atoms with Crippen LogP contribution >= 0.6 is 0 Å². The second-order valence-electron chi connectivity index (χ2n) is 4.96. The smallest absolute Gasteiger partial charge is 0.170 e. The Balaban J connectivity index is 1.91. The van der Waals surface area contributed by atoms with E-state index in [9.17, 15) is 4.79 Å². The Bertz CT molecular complexity index is 448. The van der Waals surface area contributed by atoms with E-state index in [0.717, 1.165) is 29.8 Å². The van der Waals surface area contributed by atoms with Crippen LogP contribution in [-0.4, -0.2) is 11.5 Å². The lowest BCUT2D eigenvalue weighted by atomic mass is 9.97. The third-order valence-electron chi connectivity index (χ3n) is 3.42. The highest BCUT2D eigenvalue weighted by Gasteiger charge is 2.18. The maximum Gasteiger partial charge on any atom is 0.170 e. The van der Waals surface area contributed by atoms with Crippen molar-refractivity contribution in [3.63, 3.8) is 0 Å². The van der Waals surface area contributed by atoms with Gasteiger partial charge in [0.25, 0.3) is 0 Å². The molecule has 2 nitrogen and oxygen atoms in total. The van der Waals surface area contributed by atoms with E-state index in [4.69, 9.17) is 0 Å². The number of fused-ring (bicyclic) bond motifs is 1. The Morgan fingerprint density at radius 1 is 1.11 bits per heavy atom. The summed E-state index contributed by atoms with van der Waals surface area (Å²) >= 11 is 0. The van der Waals surface area contributed by atoms with Gasteiger partial charge in [-0.1, -0.05) is 44.7 Å². The van der Waals surface area contributed by atoms with Crippen molar-refractivity contribution < 1.29 is 4.79 Å². The molecule has 1 aliphatic rings. The van der Waals surface area contributed by atoms with Crippen LogP contribution < -0.4 is 0 Å². The lowest BCUT2D eigenvalue weighted by molar-refractivity contribution is 0.0999. The van der Waals surface area contributed by atoms with Gasteiger partial charge in [0.05, 0.1) is 5.69 Å². The zero-order valence-corrected chi connectivity index (χ0v) is 11.1. The first-order valence-electron chi connectivity index (χ1n) is 7.00. The van der Waals surface area contributed by atoms with Gasteiger partial charge >= 0.3 is 0 Å². The summed E-state index contributed by atoms with van der Waals surface area (Å²) in [5, 5.41) is 0. The number of hydrogen-bond donors (Lipinski definition) is 0. The van der Waals surface area contributed by atoms with E-state index >= 15 is 0 Å². The van der Waals surface area contributed by atoms with Crippen LogP contribution in [0.1, 0.15) is 62.2 Å².